The second kappa shape index (κ2) is 6.43. The molecular formula is C14H13N5O2. The molecule has 0 fully saturated rings. The minimum atomic E-state index is -0.618. The molecule has 1 heterocycles. The van der Waals surface area contributed by atoms with Crippen LogP contribution in [0.1, 0.15) is 13.3 Å². The quantitative estimate of drug-likeness (QED) is 0.660. The molecule has 7 heteroatoms. The van der Waals surface area contributed by atoms with Gasteiger partial charge >= 0.3 is 0 Å². The van der Waals surface area contributed by atoms with Gasteiger partial charge in [-0.1, -0.05) is 18.2 Å². The molecular weight excluding hydrogens is 270 g/mol. The van der Waals surface area contributed by atoms with Crippen LogP contribution in [0.25, 0.3) is 0 Å². The van der Waals surface area contributed by atoms with Gasteiger partial charge in [-0.25, -0.2) is 5.43 Å². The molecule has 1 aliphatic rings. The van der Waals surface area contributed by atoms with Crippen molar-refractivity contribution in [1.82, 2.24) is 5.43 Å². The molecule has 2 rings (SSSR count). The normalized spacial score (nSPS) is 17.7. The number of carbonyl (C=O) groups is 2. The number of hydrogen-bond acceptors (Lipinski definition) is 5. The van der Waals surface area contributed by atoms with Crippen molar-refractivity contribution in [2.24, 2.45) is 16.1 Å². The Morgan fingerprint density at radius 1 is 1.52 bits per heavy atom. The summed E-state index contributed by atoms with van der Waals surface area (Å²) in [5.74, 6) is -1.38. The second-order valence-corrected chi connectivity index (χ2v) is 4.35. The predicted octanol–water partition coefficient (Wildman–Crippen LogP) is 1.04. The topological polar surface area (TPSA) is 97.9 Å². The Hall–Kier alpha value is -3.01. The number of para-hydroxylation sites is 1. The number of nitrogens with one attached hydrogen (secondary N) is 1. The van der Waals surface area contributed by atoms with Crippen molar-refractivity contribution in [3.05, 3.63) is 30.3 Å². The number of nitrogens with zero attached hydrogens (tertiary/aromatic N) is 4. The van der Waals surface area contributed by atoms with E-state index in [-0.39, 0.29) is 12.3 Å². The molecule has 0 aliphatic carbocycles. The van der Waals surface area contributed by atoms with E-state index >= 15 is 0 Å². The van der Waals surface area contributed by atoms with Gasteiger partial charge in [0.05, 0.1) is 17.5 Å². The van der Waals surface area contributed by atoms with E-state index < -0.39 is 11.8 Å². The van der Waals surface area contributed by atoms with Crippen molar-refractivity contribution in [3.8, 4) is 6.07 Å². The summed E-state index contributed by atoms with van der Waals surface area (Å²) in [5, 5.41) is 17.6. The van der Waals surface area contributed by atoms with Gasteiger partial charge in [-0.05, 0) is 19.1 Å². The van der Waals surface area contributed by atoms with Crippen LogP contribution < -0.4 is 10.4 Å². The van der Waals surface area contributed by atoms with Crippen LogP contribution in [-0.2, 0) is 9.59 Å². The molecule has 0 saturated heterocycles. The van der Waals surface area contributed by atoms with Crippen molar-refractivity contribution in [3.63, 3.8) is 0 Å². The monoisotopic (exact) mass is 283 g/mol. The molecule has 1 N–H and O–H groups in total. The minimum absolute atomic E-state index is 0.239. The highest BCUT2D eigenvalue weighted by Gasteiger charge is 2.33. The van der Waals surface area contributed by atoms with Crippen molar-refractivity contribution in [2.45, 2.75) is 13.3 Å². The smallest absolute Gasteiger partial charge is 0.261 e. The van der Waals surface area contributed by atoms with Crippen LogP contribution in [0.3, 0.4) is 0 Å². The number of anilines is 1. The molecule has 2 amide bonds. The molecule has 1 aromatic rings. The Bertz CT molecular complexity index is 645. The molecule has 1 atom stereocenters. The molecule has 21 heavy (non-hydrogen) atoms. The van der Waals surface area contributed by atoms with Crippen LogP contribution in [0.4, 0.5) is 5.69 Å². The number of hydrogen-bond donors (Lipinski definition) is 1. The van der Waals surface area contributed by atoms with E-state index in [2.05, 4.69) is 15.6 Å². The van der Waals surface area contributed by atoms with Crippen LogP contribution in [0.5, 0.6) is 0 Å². The number of hydrazone groups is 2. The average molecular weight is 283 g/mol. The first-order valence-corrected chi connectivity index (χ1v) is 6.26. The van der Waals surface area contributed by atoms with E-state index in [4.69, 9.17) is 5.26 Å². The molecule has 1 unspecified atom stereocenters. The fourth-order valence-corrected chi connectivity index (χ4v) is 1.80. The molecule has 0 spiro atoms. The van der Waals surface area contributed by atoms with Crippen molar-refractivity contribution >= 4 is 29.4 Å². The summed E-state index contributed by atoms with van der Waals surface area (Å²) in [7, 11) is 0. The Labute approximate surface area is 121 Å². The third kappa shape index (κ3) is 3.30. The highest BCUT2D eigenvalue weighted by molar-refractivity contribution is 6.23. The van der Waals surface area contributed by atoms with Gasteiger partial charge in [0.15, 0.2) is 0 Å². The molecule has 106 valence electrons. The largest absolute Gasteiger partial charge is 0.272 e. The van der Waals surface area contributed by atoms with Crippen molar-refractivity contribution in [1.29, 1.82) is 5.26 Å². The number of carbonyl (C=O) groups excluding carboxylic acids is 2. The maximum Gasteiger partial charge on any atom is 0.261 e. The summed E-state index contributed by atoms with van der Waals surface area (Å²) < 4.78 is 0. The first-order chi connectivity index (χ1) is 10.1. The molecule has 1 aliphatic heterocycles. The van der Waals surface area contributed by atoms with E-state index in [0.29, 0.717) is 11.4 Å². The van der Waals surface area contributed by atoms with Crippen LogP contribution in [0.2, 0.25) is 0 Å². The lowest BCUT2D eigenvalue weighted by Crippen LogP contribution is -2.29. The summed E-state index contributed by atoms with van der Waals surface area (Å²) >= 11 is 0. The number of rotatable bonds is 4. The molecule has 7 nitrogen and oxygen atoms in total. The maximum atomic E-state index is 12.3. The zero-order valence-corrected chi connectivity index (χ0v) is 11.4. The first-order valence-electron chi connectivity index (χ1n) is 6.26. The van der Waals surface area contributed by atoms with Crippen LogP contribution in [-0.4, -0.2) is 23.7 Å². The lowest BCUT2D eigenvalue weighted by Gasteiger charge is -2.12. The number of nitriles is 1. The van der Waals surface area contributed by atoms with Gasteiger partial charge in [-0.3, -0.25) is 9.59 Å². The maximum absolute atomic E-state index is 12.3. The first kappa shape index (κ1) is 14.4. The lowest BCUT2D eigenvalue weighted by atomic mass is 10.1. The molecule has 0 saturated carbocycles. The van der Waals surface area contributed by atoms with Gasteiger partial charge in [0.25, 0.3) is 11.8 Å². The molecule has 0 radical (unpaired) electrons. The standard InChI is InChI=1S/C14H13N5O2/c1-10-12(9-16-17-13(20)7-8-15)14(21)19(18-10)11-5-3-2-4-6-11/h2-6,9,12H,7H2,1H3,(H,17,20). The van der Waals surface area contributed by atoms with Gasteiger partial charge in [0.1, 0.15) is 12.3 Å². The van der Waals surface area contributed by atoms with Gasteiger partial charge in [-0.2, -0.15) is 20.5 Å². The molecule has 0 bridgehead atoms. The molecule has 0 aromatic heterocycles. The summed E-state index contributed by atoms with van der Waals surface area (Å²) in [6.45, 7) is 1.72. The summed E-state index contributed by atoms with van der Waals surface area (Å²) in [4.78, 5) is 23.4. The van der Waals surface area contributed by atoms with Gasteiger partial charge in [0.2, 0.25) is 0 Å². The van der Waals surface area contributed by atoms with Crippen LogP contribution in [0, 0.1) is 17.2 Å². The van der Waals surface area contributed by atoms with Crippen LogP contribution >= 0.6 is 0 Å². The predicted molar refractivity (Wildman–Crippen MR) is 77.4 cm³/mol. The Morgan fingerprint density at radius 3 is 2.90 bits per heavy atom. The zero-order valence-electron chi connectivity index (χ0n) is 11.4. The fraction of sp³-hybridized carbons (Fsp3) is 0.214. The Balaban J connectivity index is 2.06. The van der Waals surface area contributed by atoms with E-state index in [1.54, 1.807) is 25.1 Å². The minimum Gasteiger partial charge on any atom is -0.272 e. The van der Waals surface area contributed by atoms with Crippen molar-refractivity contribution in [2.75, 3.05) is 5.01 Å². The lowest BCUT2D eigenvalue weighted by molar-refractivity contribution is -0.120. The summed E-state index contributed by atoms with van der Waals surface area (Å²) in [6.07, 6.45) is 1.04. The van der Waals surface area contributed by atoms with E-state index in [1.165, 1.54) is 11.2 Å². The third-order valence-electron chi connectivity index (χ3n) is 2.84. The van der Waals surface area contributed by atoms with Gasteiger partial charge in [-0.15, -0.1) is 0 Å². The third-order valence-corrected chi connectivity index (χ3v) is 2.84. The summed E-state index contributed by atoms with van der Waals surface area (Å²) in [5.41, 5.74) is 3.45. The van der Waals surface area contributed by atoms with Crippen molar-refractivity contribution < 1.29 is 9.59 Å². The highest BCUT2D eigenvalue weighted by atomic mass is 16.2. The molecule has 1 aromatic carbocycles. The van der Waals surface area contributed by atoms with E-state index in [0.717, 1.165) is 0 Å². The Morgan fingerprint density at radius 2 is 2.24 bits per heavy atom. The van der Waals surface area contributed by atoms with E-state index in [9.17, 15) is 9.59 Å². The second-order valence-electron chi connectivity index (χ2n) is 4.35. The van der Waals surface area contributed by atoms with Crippen LogP contribution in [0.15, 0.2) is 40.5 Å². The Kier molecular flexibility index (Phi) is 4.41. The average Bonchev–Trinajstić information content (AvgIpc) is 2.76. The SMILES string of the molecule is CC1=NN(c2ccccc2)C(=O)C1C=NNC(=O)CC#N. The number of amides is 2. The van der Waals surface area contributed by atoms with E-state index in [1.807, 2.05) is 18.2 Å². The number of benzene rings is 1. The zero-order chi connectivity index (χ0) is 15.2. The highest BCUT2D eigenvalue weighted by Crippen LogP contribution is 2.22. The van der Waals surface area contributed by atoms with Gasteiger partial charge in [0, 0.05) is 6.21 Å². The fourth-order valence-electron chi connectivity index (χ4n) is 1.80. The summed E-state index contributed by atoms with van der Waals surface area (Å²) in [6, 6.07) is 10.8. The van der Waals surface area contributed by atoms with Gasteiger partial charge < -0.3 is 0 Å².